The van der Waals surface area contributed by atoms with Crippen LogP contribution in [0.25, 0.3) is 0 Å². The minimum absolute atomic E-state index is 0.00117. The number of nitrogens with zero attached hydrogens (tertiary/aromatic N) is 2. The lowest BCUT2D eigenvalue weighted by atomic mass is 9.78. The second-order valence-corrected chi connectivity index (χ2v) is 16.7. The van der Waals surface area contributed by atoms with Crippen LogP contribution in [0.15, 0.2) is 35.5 Å². The number of hydrogen-bond acceptors (Lipinski definition) is 2. The van der Waals surface area contributed by atoms with E-state index in [4.69, 9.17) is 4.99 Å². The highest BCUT2D eigenvalue weighted by Gasteiger charge is 2.51. The molecule has 0 bridgehead atoms. The van der Waals surface area contributed by atoms with Crippen molar-refractivity contribution in [3.05, 3.63) is 52.8 Å². The van der Waals surface area contributed by atoms with Gasteiger partial charge in [0.2, 0.25) is 0 Å². The average Bonchev–Trinajstić information content (AvgIpc) is 3.24. The fraction of sp³-hybridized carbons (Fsp3) is 0.571. The summed E-state index contributed by atoms with van der Waals surface area (Å²) < 4.78 is 2.68. The van der Waals surface area contributed by atoms with E-state index in [2.05, 4.69) is 90.1 Å². The van der Waals surface area contributed by atoms with Crippen molar-refractivity contribution in [1.82, 2.24) is 4.23 Å². The summed E-state index contributed by atoms with van der Waals surface area (Å²) in [7, 11) is -1.96. The van der Waals surface area contributed by atoms with Gasteiger partial charge >= 0.3 is 0 Å². The van der Waals surface area contributed by atoms with Crippen LogP contribution < -0.4 is 0 Å². The molecule has 3 nitrogen and oxygen atoms in total. The number of Topliss-reactive ketones (excluding diaryl/α,β-unsaturated/α-hetero) is 1. The lowest BCUT2D eigenvalue weighted by Crippen LogP contribution is -2.52. The van der Waals surface area contributed by atoms with Crippen LogP contribution in [0.4, 0.5) is 5.69 Å². The number of benzene rings is 1. The van der Waals surface area contributed by atoms with Crippen molar-refractivity contribution in [3.8, 4) is 0 Å². The Morgan fingerprint density at radius 3 is 2.12 bits per heavy atom. The van der Waals surface area contributed by atoms with Gasteiger partial charge in [-0.25, -0.2) is 0 Å². The molecule has 4 rings (SSSR count). The topological polar surface area (TPSA) is 34.4 Å². The third kappa shape index (κ3) is 3.29. The Morgan fingerprint density at radius 2 is 1.56 bits per heavy atom. The van der Waals surface area contributed by atoms with Crippen LogP contribution in [0, 0.1) is 19.8 Å². The van der Waals surface area contributed by atoms with Gasteiger partial charge in [-0.2, -0.15) is 0 Å². The summed E-state index contributed by atoms with van der Waals surface area (Å²) in [5.74, 6) is 0.644. The number of aromatic nitrogens is 1. The highest BCUT2D eigenvalue weighted by molar-refractivity contribution is 6.82. The van der Waals surface area contributed by atoms with Gasteiger partial charge in [0.25, 0.3) is 0 Å². The highest BCUT2D eigenvalue weighted by Crippen LogP contribution is 2.51. The van der Waals surface area contributed by atoms with Crippen LogP contribution in [0.1, 0.15) is 89.1 Å². The molecule has 2 aliphatic rings. The minimum atomic E-state index is -1.96. The van der Waals surface area contributed by atoms with Gasteiger partial charge in [-0.05, 0) is 72.3 Å². The van der Waals surface area contributed by atoms with Crippen molar-refractivity contribution in [2.24, 2.45) is 10.9 Å². The van der Waals surface area contributed by atoms with Crippen LogP contribution >= 0.6 is 0 Å². The summed E-state index contributed by atoms with van der Waals surface area (Å²) >= 11 is 0. The Hall–Kier alpha value is -1.94. The highest BCUT2D eigenvalue weighted by atomic mass is 28.3. The monoisotopic (exact) mass is 448 g/mol. The molecule has 1 saturated carbocycles. The predicted molar refractivity (Wildman–Crippen MR) is 138 cm³/mol. The fourth-order valence-electron chi connectivity index (χ4n) is 7.27. The molecule has 0 amide bonds. The quantitative estimate of drug-likeness (QED) is 0.431. The molecule has 0 saturated heterocycles. The van der Waals surface area contributed by atoms with E-state index in [-0.39, 0.29) is 11.8 Å². The summed E-state index contributed by atoms with van der Waals surface area (Å²) in [4.78, 5) is 18.6. The first-order valence-electron chi connectivity index (χ1n) is 12.5. The Labute approximate surface area is 195 Å². The Morgan fingerprint density at radius 1 is 0.969 bits per heavy atom. The van der Waals surface area contributed by atoms with Crippen molar-refractivity contribution in [2.75, 3.05) is 0 Å². The van der Waals surface area contributed by atoms with E-state index in [1.54, 1.807) is 0 Å². The molecule has 0 aliphatic heterocycles. The van der Waals surface area contributed by atoms with Crippen LogP contribution in [0.2, 0.25) is 16.6 Å². The predicted octanol–water partition coefficient (Wildman–Crippen LogP) is 7.72. The normalized spacial score (nSPS) is 22.3. The van der Waals surface area contributed by atoms with E-state index < -0.39 is 8.24 Å². The Bertz CT molecular complexity index is 1020. The first-order chi connectivity index (χ1) is 15.1. The Balaban J connectivity index is 2.03. The van der Waals surface area contributed by atoms with Crippen LogP contribution in [0.5, 0.6) is 0 Å². The van der Waals surface area contributed by atoms with Crippen molar-refractivity contribution in [3.63, 3.8) is 0 Å². The zero-order valence-electron chi connectivity index (χ0n) is 21.2. The van der Waals surface area contributed by atoms with Gasteiger partial charge in [-0.15, -0.1) is 0 Å². The molecule has 1 heterocycles. The first-order valence-corrected chi connectivity index (χ1v) is 14.7. The molecule has 1 fully saturated rings. The van der Waals surface area contributed by atoms with Crippen molar-refractivity contribution < 1.29 is 4.79 Å². The van der Waals surface area contributed by atoms with E-state index in [1.807, 2.05) is 0 Å². The summed E-state index contributed by atoms with van der Waals surface area (Å²) in [6, 6.07) is 8.69. The standard InChI is InChI=1S/C28H40N2OSi/c1-17(2)32(18(3)4,19(5)6)30-16-15-23-25-22(13-10-14-24(25)31)27(28(23)30)29-26-20(7)11-9-12-21(26)8/h9,11-12,15-19,22,25H,10,13-14H2,1-8H3/t22-,25+/m1/s1. The molecular formula is C28H40N2OSi. The summed E-state index contributed by atoms with van der Waals surface area (Å²) in [5.41, 5.74) is 9.02. The molecule has 0 unspecified atom stereocenters. The molecule has 0 spiro atoms. The van der Waals surface area contributed by atoms with E-state index in [1.165, 1.54) is 28.1 Å². The molecule has 1 aromatic heterocycles. The van der Waals surface area contributed by atoms with E-state index >= 15 is 0 Å². The summed E-state index contributed by atoms with van der Waals surface area (Å²) in [5, 5.41) is 0. The van der Waals surface area contributed by atoms with Crippen LogP contribution in [-0.2, 0) is 4.79 Å². The van der Waals surface area contributed by atoms with Gasteiger partial charge in [-0.3, -0.25) is 9.79 Å². The zero-order valence-corrected chi connectivity index (χ0v) is 22.2. The molecule has 2 aliphatic carbocycles. The number of carbonyl (C=O) groups excluding carboxylic acids is 1. The molecule has 2 aromatic rings. The third-order valence-electron chi connectivity index (χ3n) is 8.40. The average molecular weight is 449 g/mol. The number of aryl methyl sites for hydroxylation is 2. The molecule has 32 heavy (non-hydrogen) atoms. The lowest BCUT2D eigenvalue weighted by Gasteiger charge is -2.45. The van der Waals surface area contributed by atoms with Gasteiger partial charge < -0.3 is 4.23 Å². The van der Waals surface area contributed by atoms with Crippen molar-refractivity contribution in [1.29, 1.82) is 0 Å². The molecule has 0 radical (unpaired) electrons. The SMILES string of the molecule is Cc1cccc(C)c1N=C1c2c(ccn2[Si](C(C)C)(C(C)C)C(C)C)[C@H]2C(=O)CCC[C@@H]12. The van der Waals surface area contributed by atoms with E-state index in [0.717, 1.165) is 18.5 Å². The first kappa shape index (κ1) is 23.2. The molecular weight excluding hydrogens is 408 g/mol. The lowest BCUT2D eigenvalue weighted by molar-refractivity contribution is -0.122. The van der Waals surface area contributed by atoms with Crippen LogP contribution in [0.3, 0.4) is 0 Å². The number of fused-ring (bicyclic) bond motifs is 3. The number of rotatable bonds is 5. The second-order valence-electron chi connectivity index (χ2n) is 11.0. The van der Waals surface area contributed by atoms with Gasteiger partial charge in [0.05, 0.1) is 23.0 Å². The second kappa shape index (κ2) is 8.44. The maximum absolute atomic E-state index is 13.2. The van der Waals surface area contributed by atoms with Gasteiger partial charge in [-0.1, -0.05) is 59.7 Å². The maximum atomic E-state index is 13.2. The Kier molecular flexibility index (Phi) is 6.13. The van der Waals surface area contributed by atoms with E-state index in [9.17, 15) is 4.79 Å². The largest absolute Gasteiger partial charge is 0.372 e. The summed E-state index contributed by atoms with van der Waals surface area (Å²) in [6.07, 6.45) is 5.09. The zero-order chi connectivity index (χ0) is 23.4. The summed E-state index contributed by atoms with van der Waals surface area (Å²) in [6.45, 7) is 18.8. The molecule has 2 atom stereocenters. The van der Waals surface area contributed by atoms with E-state index in [0.29, 0.717) is 28.8 Å². The number of aliphatic imine (C=N–C) groups is 1. The smallest absolute Gasteiger partial charge is 0.169 e. The van der Waals surface area contributed by atoms with Gasteiger partial charge in [0.15, 0.2) is 8.24 Å². The number of carbonyl (C=O) groups is 1. The van der Waals surface area contributed by atoms with Gasteiger partial charge in [0.1, 0.15) is 5.78 Å². The van der Waals surface area contributed by atoms with Gasteiger partial charge in [0, 0.05) is 12.3 Å². The number of ketones is 1. The molecule has 1 aromatic carbocycles. The molecule has 172 valence electrons. The van der Waals surface area contributed by atoms with Crippen molar-refractivity contribution in [2.45, 2.75) is 97.2 Å². The molecule has 4 heteroatoms. The minimum Gasteiger partial charge on any atom is -0.372 e. The molecule has 0 N–H and O–H groups in total. The number of hydrogen-bond donors (Lipinski definition) is 0. The maximum Gasteiger partial charge on any atom is 0.169 e. The third-order valence-corrected chi connectivity index (χ3v) is 15.2. The van der Waals surface area contributed by atoms with Crippen molar-refractivity contribution >= 4 is 25.4 Å². The number of para-hydroxylation sites is 1. The van der Waals surface area contributed by atoms with Crippen LogP contribution in [-0.4, -0.2) is 24.0 Å². The fourth-order valence-corrected chi connectivity index (χ4v) is 13.9.